The van der Waals surface area contributed by atoms with Gasteiger partial charge in [0.15, 0.2) is 0 Å². The Balaban J connectivity index is 1.83. The average molecular weight is 371 g/mol. The maximum Gasteiger partial charge on any atom is 0.254 e. The smallest absolute Gasteiger partial charge is 0.254 e. The Morgan fingerprint density at radius 2 is 1.92 bits per heavy atom. The van der Waals surface area contributed by atoms with E-state index in [4.69, 9.17) is 13.9 Å². The van der Waals surface area contributed by atoms with Crippen molar-refractivity contribution in [2.45, 2.75) is 13.0 Å². The number of furan rings is 1. The lowest BCUT2D eigenvalue weighted by Gasteiger charge is -2.22. The molecule has 0 spiro atoms. The first-order chi connectivity index (χ1) is 12.7. The van der Waals surface area contributed by atoms with Crippen molar-refractivity contribution in [3.63, 3.8) is 0 Å². The first kappa shape index (κ1) is 18.1. The van der Waals surface area contributed by atoms with Crippen molar-refractivity contribution in [2.24, 2.45) is 0 Å². The first-order valence-electron chi connectivity index (χ1n) is 8.25. The Bertz CT molecular complexity index is 805. The minimum atomic E-state index is -0.0695. The lowest BCUT2D eigenvalue weighted by atomic mass is 10.1. The molecule has 3 rings (SSSR count). The van der Waals surface area contributed by atoms with Crippen LogP contribution in [0.25, 0.3) is 0 Å². The van der Waals surface area contributed by atoms with Gasteiger partial charge in [-0.05, 0) is 36.1 Å². The molecule has 26 heavy (non-hydrogen) atoms. The molecule has 0 N–H and O–H groups in total. The van der Waals surface area contributed by atoms with E-state index < -0.39 is 0 Å². The van der Waals surface area contributed by atoms with E-state index in [0.29, 0.717) is 30.2 Å². The highest BCUT2D eigenvalue weighted by Gasteiger charge is 2.19. The lowest BCUT2D eigenvalue weighted by molar-refractivity contribution is 0.0744. The zero-order valence-corrected chi connectivity index (χ0v) is 15.6. The lowest BCUT2D eigenvalue weighted by Crippen LogP contribution is -2.32. The molecule has 6 heteroatoms. The van der Waals surface area contributed by atoms with Crippen LogP contribution < -0.4 is 9.47 Å². The molecule has 1 aromatic carbocycles. The van der Waals surface area contributed by atoms with Gasteiger partial charge >= 0.3 is 0 Å². The third-order valence-corrected chi connectivity index (χ3v) is 4.98. The van der Waals surface area contributed by atoms with Crippen LogP contribution in [0.3, 0.4) is 0 Å². The van der Waals surface area contributed by atoms with E-state index in [2.05, 4.69) is 6.07 Å². The zero-order valence-electron chi connectivity index (χ0n) is 14.8. The van der Waals surface area contributed by atoms with Crippen molar-refractivity contribution in [3.05, 3.63) is 70.3 Å². The molecule has 0 aliphatic carbocycles. The molecule has 0 fully saturated rings. The van der Waals surface area contributed by atoms with E-state index in [0.717, 1.165) is 12.0 Å². The molecule has 5 nitrogen and oxygen atoms in total. The van der Waals surface area contributed by atoms with Crippen LogP contribution in [0.2, 0.25) is 0 Å². The average Bonchev–Trinajstić information content (AvgIpc) is 3.37. The minimum Gasteiger partial charge on any atom is -0.497 e. The van der Waals surface area contributed by atoms with Gasteiger partial charge in [0.2, 0.25) is 0 Å². The second-order valence-electron chi connectivity index (χ2n) is 5.79. The number of carbonyl (C=O) groups excluding carboxylic acids is 1. The molecule has 2 aromatic heterocycles. The second kappa shape index (κ2) is 8.58. The van der Waals surface area contributed by atoms with Crippen LogP contribution in [-0.4, -0.2) is 31.6 Å². The van der Waals surface area contributed by atoms with Gasteiger partial charge in [0.1, 0.15) is 11.5 Å². The molecule has 0 aliphatic rings. The second-order valence-corrected chi connectivity index (χ2v) is 6.82. The summed E-state index contributed by atoms with van der Waals surface area (Å²) in [5.74, 6) is 1.11. The Kier molecular flexibility index (Phi) is 5.96. The Morgan fingerprint density at radius 1 is 1.15 bits per heavy atom. The molecule has 136 valence electrons. The van der Waals surface area contributed by atoms with Crippen LogP contribution in [0.1, 0.15) is 20.8 Å². The molecular formula is C20H21NO4S. The molecule has 0 saturated carbocycles. The summed E-state index contributed by atoms with van der Waals surface area (Å²) in [6.45, 7) is 1.10. The van der Waals surface area contributed by atoms with Crippen LogP contribution >= 0.6 is 11.3 Å². The Morgan fingerprint density at radius 3 is 2.50 bits per heavy atom. The summed E-state index contributed by atoms with van der Waals surface area (Å²) in [5, 5.41) is 2.05. The van der Waals surface area contributed by atoms with Gasteiger partial charge in [-0.15, -0.1) is 11.3 Å². The third-order valence-electron chi connectivity index (χ3n) is 4.05. The van der Waals surface area contributed by atoms with Gasteiger partial charge in [-0.3, -0.25) is 4.79 Å². The molecule has 0 atom stereocenters. The fraction of sp³-hybridized carbons (Fsp3) is 0.250. The van der Waals surface area contributed by atoms with Crippen LogP contribution in [0.5, 0.6) is 11.5 Å². The highest BCUT2D eigenvalue weighted by Crippen LogP contribution is 2.24. The number of benzene rings is 1. The maximum absolute atomic E-state index is 13.2. The fourth-order valence-electron chi connectivity index (χ4n) is 2.67. The first-order valence-corrected chi connectivity index (χ1v) is 9.13. The molecule has 0 bridgehead atoms. The molecule has 2 heterocycles. The fourth-order valence-corrected chi connectivity index (χ4v) is 3.37. The highest BCUT2D eigenvalue weighted by molar-refractivity contribution is 7.09. The molecule has 0 radical (unpaired) electrons. The number of nitrogens with zero attached hydrogens (tertiary/aromatic N) is 1. The minimum absolute atomic E-state index is 0.0695. The highest BCUT2D eigenvalue weighted by atomic mass is 32.1. The number of amides is 1. The maximum atomic E-state index is 13.2. The van der Waals surface area contributed by atoms with Crippen molar-refractivity contribution in [3.8, 4) is 11.5 Å². The summed E-state index contributed by atoms with van der Waals surface area (Å²) >= 11 is 1.70. The van der Waals surface area contributed by atoms with Gasteiger partial charge in [0.25, 0.3) is 5.91 Å². The number of carbonyl (C=O) groups is 1. The summed E-state index contributed by atoms with van der Waals surface area (Å²) in [7, 11) is 3.14. The van der Waals surface area contributed by atoms with Crippen LogP contribution in [0.15, 0.2) is 58.7 Å². The molecule has 0 aliphatic heterocycles. The van der Waals surface area contributed by atoms with Gasteiger partial charge in [-0.2, -0.15) is 0 Å². The summed E-state index contributed by atoms with van der Waals surface area (Å²) in [4.78, 5) is 16.2. The number of hydrogen-bond donors (Lipinski definition) is 0. The SMILES string of the molecule is COc1cc(OC)cc(C(=O)N(CCc2cccs2)Cc2ccoc2)c1. The predicted octanol–water partition coefficient (Wildman–Crippen LogP) is 4.24. The number of thiophene rings is 1. The molecule has 1 amide bonds. The summed E-state index contributed by atoms with van der Waals surface area (Å²) in [6.07, 6.45) is 4.09. The van der Waals surface area contributed by atoms with Gasteiger partial charge in [0, 0.05) is 35.2 Å². The van der Waals surface area contributed by atoms with Crippen LogP contribution in [0, 0.1) is 0 Å². The zero-order chi connectivity index (χ0) is 18.4. The van der Waals surface area contributed by atoms with Crippen molar-refractivity contribution in [1.29, 1.82) is 0 Å². The van der Waals surface area contributed by atoms with Crippen LogP contribution in [-0.2, 0) is 13.0 Å². The van der Waals surface area contributed by atoms with E-state index in [1.54, 1.807) is 56.3 Å². The van der Waals surface area contributed by atoms with Crippen molar-refractivity contribution in [1.82, 2.24) is 4.90 Å². The van der Waals surface area contributed by atoms with Crippen molar-refractivity contribution < 1.29 is 18.7 Å². The van der Waals surface area contributed by atoms with Gasteiger partial charge in [0.05, 0.1) is 26.7 Å². The van der Waals surface area contributed by atoms with E-state index in [1.807, 2.05) is 22.4 Å². The monoisotopic (exact) mass is 371 g/mol. The molecule has 3 aromatic rings. The van der Waals surface area contributed by atoms with E-state index in [9.17, 15) is 4.79 Å². The van der Waals surface area contributed by atoms with E-state index in [-0.39, 0.29) is 5.91 Å². The Hall–Kier alpha value is -2.73. The quantitative estimate of drug-likeness (QED) is 0.594. The van der Waals surface area contributed by atoms with Crippen molar-refractivity contribution in [2.75, 3.05) is 20.8 Å². The number of rotatable bonds is 8. The van der Waals surface area contributed by atoms with Gasteiger partial charge in [-0.1, -0.05) is 6.07 Å². The summed E-state index contributed by atoms with van der Waals surface area (Å²) in [5.41, 5.74) is 1.50. The Labute approximate surface area is 156 Å². The predicted molar refractivity (Wildman–Crippen MR) is 101 cm³/mol. The van der Waals surface area contributed by atoms with Gasteiger partial charge < -0.3 is 18.8 Å². The normalized spacial score (nSPS) is 10.5. The van der Waals surface area contributed by atoms with Crippen molar-refractivity contribution >= 4 is 17.2 Å². The largest absolute Gasteiger partial charge is 0.497 e. The number of hydrogen-bond acceptors (Lipinski definition) is 5. The topological polar surface area (TPSA) is 51.9 Å². The molecule has 0 saturated heterocycles. The third kappa shape index (κ3) is 4.46. The summed E-state index contributed by atoms with van der Waals surface area (Å²) in [6, 6.07) is 11.2. The number of ether oxygens (including phenoxy) is 2. The van der Waals surface area contributed by atoms with E-state index >= 15 is 0 Å². The van der Waals surface area contributed by atoms with E-state index in [1.165, 1.54) is 4.88 Å². The molecule has 0 unspecified atom stereocenters. The summed E-state index contributed by atoms with van der Waals surface area (Å²) < 4.78 is 15.7. The standard InChI is InChI=1S/C20H21NO4S/c1-23-17-10-16(11-18(12-17)24-2)20(22)21(13-15-6-8-25-14-15)7-5-19-4-3-9-26-19/h3-4,6,8-12,14H,5,7,13H2,1-2H3. The number of methoxy groups -OCH3 is 2. The molecular weight excluding hydrogens is 350 g/mol. The van der Waals surface area contributed by atoms with Crippen LogP contribution in [0.4, 0.5) is 0 Å². The van der Waals surface area contributed by atoms with Gasteiger partial charge in [-0.25, -0.2) is 0 Å².